The van der Waals surface area contributed by atoms with E-state index in [9.17, 15) is 0 Å². The van der Waals surface area contributed by atoms with Gasteiger partial charge in [0.1, 0.15) is 0 Å². The molecule has 0 saturated carbocycles. The van der Waals surface area contributed by atoms with Gasteiger partial charge in [0.05, 0.1) is 0 Å². The summed E-state index contributed by atoms with van der Waals surface area (Å²) in [5.41, 5.74) is 7.41. The van der Waals surface area contributed by atoms with E-state index in [4.69, 9.17) is 0 Å². The Hall–Kier alpha value is -1.60. The lowest BCUT2D eigenvalue weighted by molar-refractivity contribution is -0.833. The molecule has 4 aliphatic rings. The minimum absolute atomic E-state index is 0.168. The molecule has 4 heterocycles. The molecule has 1 spiro atoms. The topological polar surface area (TPSA) is 0 Å². The Morgan fingerprint density at radius 2 is 1.39 bits per heavy atom. The molecule has 1 heteroatoms. The van der Waals surface area contributed by atoms with E-state index in [0.29, 0.717) is 11.1 Å². The van der Waals surface area contributed by atoms with Crippen molar-refractivity contribution in [3.8, 4) is 0 Å². The molecule has 0 aliphatic carbocycles. The van der Waals surface area contributed by atoms with Crippen LogP contribution in [0, 0.1) is 5.92 Å². The quantitative estimate of drug-likeness (QED) is 0.560. The van der Waals surface area contributed by atoms with Crippen LogP contribution < -0.4 is 0 Å². The van der Waals surface area contributed by atoms with Crippen LogP contribution in [0.2, 0.25) is 0 Å². The van der Waals surface area contributed by atoms with Crippen molar-refractivity contribution in [3.63, 3.8) is 0 Å². The normalized spacial score (nSPS) is 46.2. The molecule has 6 rings (SSSR count). The number of quaternary nitrogens is 1. The van der Waals surface area contributed by atoms with E-state index in [1.807, 2.05) is 0 Å². The maximum absolute atomic E-state index is 2.53. The van der Waals surface area contributed by atoms with E-state index < -0.39 is 0 Å². The van der Waals surface area contributed by atoms with E-state index in [1.54, 1.807) is 22.3 Å². The van der Waals surface area contributed by atoms with Crippen molar-refractivity contribution in [2.75, 3.05) is 0 Å². The van der Waals surface area contributed by atoms with Crippen molar-refractivity contribution in [3.05, 3.63) is 70.8 Å². The first-order valence-corrected chi connectivity index (χ1v) is 9.08. The summed E-state index contributed by atoms with van der Waals surface area (Å²) in [4.78, 5) is 0. The largest absolute Gasteiger partial charge is 0.270 e. The minimum atomic E-state index is 0.168. The van der Waals surface area contributed by atoms with Crippen LogP contribution in [0.1, 0.15) is 56.4 Å². The molecule has 2 aromatic rings. The molecule has 2 fully saturated rings. The molecule has 2 saturated heterocycles. The maximum Gasteiger partial charge on any atom is 0.211 e. The first-order chi connectivity index (χ1) is 11.0. The SMILES string of the molecule is CC(C)C[C@@]12c3ccccc3C3(C)c4ccccc4[C@@]4(C)C1[N+]342. The van der Waals surface area contributed by atoms with Crippen LogP contribution in [-0.2, 0) is 16.6 Å². The third-order valence-electron chi connectivity index (χ3n) is 7.94. The van der Waals surface area contributed by atoms with Crippen LogP contribution in [-0.4, -0.2) is 10.5 Å². The highest BCUT2D eigenvalue weighted by molar-refractivity contribution is 5.66. The highest BCUT2D eigenvalue weighted by atomic mass is 15.8. The summed E-state index contributed by atoms with van der Waals surface area (Å²) in [5, 5.41) is 0. The predicted molar refractivity (Wildman–Crippen MR) is 91.9 cm³/mol. The second-order valence-corrected chi connectivity index (χ2v) is 8.96. The highest BCUT2D eigenvalue weighted by Gasteiger charge is 3.14. The van der Waals surface area contributed by atoms with Gasteiger partial charge in [0.15, 0.2) is 16.6 Å². The third-order valence-corrected chi connectivity index (χ3v) is 7.94. The molecule has 2 aromatic carbocycles. The number of fused-ring (bicyclic) bond motifs is 8. The summed E-state index contributed by atoms with van der Waals surface area (Å²) in [6.45, 7) is 9.85. The Morgan fingerprint density at radius 3 is 2.00 bits per heavy atom. The van der Waals surface area contributed by atoms with E-state index in [2.05, 4.69) is 76.2 Å². The molecule has 23 heavy (non-hydrogen) atoms. The van der Waals surface area contributed by atoms with Gasteiger partial charge in [-0.2, -0.15) is 0 Å². The van der Waals surface area contributed by atoms with Gasteiger partial charge in [0.2, 0.25) is 6.04 Å². The summed E-state index contributed by atoms with van der Waals surface area (Å²) in [7, 11) is 0. The van der Waals surface area contributed by atoms with E-state index in [0.717, 1.165) is 12.0 Å². The Morgan fingerprint density at radius 1 is 0.870 bits per heavy atom. The minimum Gasteiger partial charge on any atom is -0.270 e. The summed E-state index contributed by atoms with van der Waals surface area (Å²) in [6, 6.07) is 19.4. The summed E-state index contributed by atoms with van der Waals surface area (Å²) < 4.78 is 1.31. The second kappa shape index (κ2) is 3.15. The zero-order valence-electron chi connectivity index (χ0n) is 14.4. The molecule has 3 unspecified atom stereocenters. The number of nitrogens with zero attached hydrogens (tertiary/aromatic N) is 1. The molecule has 0 bridgehead atoms. The fraction of sp³-hybridized carbons (Fsp3) is 0.455. The van der Waals surface area contributed by atoms with Crippen LogP contribution >= 0.6 is 0 Å². The molecule has 5 atom stereocenters. The number of benzene rings is 2. The van der Waals surface area contributed by atoms with E-state index in [1.165, 1.54) is 10.9 Å². The summed E-state index contributed by atoms with van der Waals surface area (Å²) >= 11 is 0. The Labute approximate surface area is 138 Å². The summed E-state index contributed by atoms with van der Waals surface area (Å²) in [6.07, 6.45) is 1.33. The van der Waals surface area contributed by atoms with Gasteiger partial charge in [0, 0.05) is 35.6 Å². The molecule has 0 radical (unpaired) electrons. The van der Waals surface area contributed by atoms with Gasteiger partial charge in [-0.3, -0.25) is 4.48 Å². The van der Waals surface area contributed by atoms with Crippen molar-refractivity contribution in [2.24, 2.45) is 5.92 Å². The Balaban J connectivity index is 1.72. The standard InChI is InChI=1S/C22H24N/c1-14(2)13-22-18-12-8-7-11-17(18)20(3)15-9-5-6-10-16(15)21(4)19(22)23(20,21)22/h5-12,14,19H,13H2,1-4H3/q+1/t19?,20?,21-,22+,23?/m0/s1. The lowest BCUT2D eigenvalue weighted by atomic mass is 9.72. The van der Waals surface area contributed by atoms with Gasteiger partial charge in [-0.1, -0.05) is 62.4 Å². The third kappa shape index (κ3) is 0.845. The molecule has 0 aromatic heterocycles. The Bertz CT molecular complexity index is 898. The second-order valence-electron chi connectivity index (χ2n) is 8.96. The smallest absolute Gasteiger partial charge is 0.211 e. The fourth-order valence-electron chi connectivity index (χ4n) is 7.77. The average Bonchev–Trinajstić information content (AvgIpc) is 3.34. The van der Waals surface area contributed by atoms with Crippen LogP contribution in [0.15, 0.2) is 48.5 Å². The van der Waals surface area contributed by atoms with Crippen LogP contribution in [0.25, 0.3) is 0 Å². The number of hydrogen-bond donors (Lipinski definition) is 0. The summed E-state index contributed by atoms with van der Waals surface area (Å²) in [5.74, 6) is 0.749. The van der Waals surface area contributed by atoms with Gasteiger partial charge in [-0.15, -0.1) is 0 Å². The number of hydrogen-bond acceptors (Lipinski definition) is 0. The average molecular weight is 302 g/mol. The molecule has 116 valence electrons. The van der Waals surface area contributed by atoms with Gasteiger partial charge in [-0.25, -0.2) is 0 Å². The molecule has 0 amide bonds. The predicted octanol–water partition coefficient (Wildman–Crippen LogP) is 4.65. The lowest BCUT2D eigenvalue weighted by Crippen LogP contribution is -2.44. The monoisotopic (exact) mass is 302 g/mol. The van der Waals surface area contributed by atoms with E-state index >= 15 is 0 Å². The van der Waals surface area contributed by atoms with Crippen molar-refractivity contribution < 1.29 is 4.48 Å². The first kappa shape index (κ1) is 12.8. The zero-order chi connectivity index (χ0) is 15.8. The van der Waals surface area contributed by atoms with Gasteiger partial charge < -0.3 is 0 Å². The van der Waals surface area contributed by atoms with Gasteiger partial charge >= 0.3 is 0 Å². The van der Waals surface area contributed by atoms with Crippen LogP contribution in [0.4, 0.5) is 0 Å². The molecule has 4 aliphatic heterocycles. The highest BCUT2D eigenvalue weighted by Crippen LogP contribution is 2.97. The lowest BCUT2D eigenvalue weighted by Gasteiger charge is -2.31. The zero-order valence-corrected chi connectivity index (χ0v) is 14.4. The van der Waals surface area contributed by atoms with Crippen LogP contribution in [0.5, 0.6) is 0 Å². The molecule has 1 nitrogen and oxygen atoms in total. The fourth-order valence-corrected chi connectivity index (χ4v) is 7.77. The molecular formula is C22H24N+. The van der Waals surface area contributed by atoms with Crippen molar-refractivity contribution in [2.45, 2.75) is 56.8 Å². The maximum atomic E-state index is 2.53. The number of rotatable bonds is 2. The van der Waals surface area contributed by atoms with E-state index in [-0.39, 0.29) is 5.54 Å². The first-order valence-electron chi connectivity index (χ1n) is 9.08. The van der Waals surface area contributed by atoms with Crippen LogP contribution in [0.3, 0.4) is 0 Å². The van der Waals surface area contributed by atoms with Crippen molar-refractivity contribution >= 4 is 0 Å². The van der Waals surface area contributed by atoms with Crippen molar-refractivity contribution in [1.29, 1.82) is 0 Å². The van der Waals surface area contributed by atoms with Crippen molar-refractivity contribution in [1.82, 2.24) is 0 Å². The molecular weight excluding hydrogens is 278 g/mol. The van der Waals surface area contributed by atoms with Gasteiger partial charge in [-0.05, 0) is 12.8 Å². The Kier molecular flexibility index (Phi) is 1.75. The molecule has 0 N–H and O–H groups in total. The van der Waals surface area contributed by atoms with Gasteiger partial charge in [0.25, 0.3) is 0 Å².